The molecule has 1 aliphatic heterocycles. The summed E-state index contributed by atoms with van der Waals surface area (Å²) in [6, 6.07) is 7.06. The fourth-order valence-corrected chi connectivity index (χ4v) is 3.07. The molecule has 0 radical (unpaired) electrons. The number of hydrogen-bond acceptors (Lipinski definition) is 4. The first-order valence-corrected chi connectivity index (χ1v) is 9.67. The van der Waals surface area contributed by atoms with Crippen molar-refractivity contribution in [3.63, 3.8) is 0 Å². The molecule has 1 heterocycles. The lowest BCUT2D eigenvalue weighted by molar-refractivity contribution is 0.106. The van der Waals surface area contributed by atoms with Gasteiger partial charge in [-0.15, -0.1) is 0 Å². The van der Waals surface area contributed by atoms with Crippen LogP contribution < -0.4 is 4.74 Å². The van der Waals surface area contributed by atoms with Crippen molar-refractivity contribution in [1.29, 1.82) is 0 Å². The minimum atomic E-state index is -0.754. The van der Waals surface area contributed by atoms with Crippen LogP contribution in [0.1, 0.15) is 32.6 Å². The molecular formula is C21H29ClO4. The van der Waals surface area contributed by atoms with Crippen LogP contribution >= 0.6 is 11.6 Å². The number of hydrogen-bond donors (Lipinski definition) is 2. The molecule has 4 atom stereocenters. The Morgan fingerprint density at radius 2 is 2.23 bits per heavy atom. The number of ether oxygens (including phenoxy) is 2. The molecule has 0 saturated carbocycles. The van der Waals surface area contributed by atoms with Gasteiger partial charge in [-0.2, -0.15) is 0 Å². The minimum Gasteiger partial charge on any atom is -0.491 e. The van der Waals surface area contributed by atoms with Crippen LogP contribution in [0.3, 0.4) is 0 Å². The van der Waals surface area contributed by atoms with E-state index in [0.717, 1.165) is 12.8 Å². The Balaban J connectivity index is 1.79. The van der Waals surface area contributed by atoms with Crippen LogP contribution in [-0.4, -0.2) is 41.7 Å². The fraction of sp³-hybridized carbons (Fsp3) is 0.524. The van der Waals surface area contributed by atoms with E-state index in [1.165, 1.54) is 12.8 Å². The Kier molecular flexibility index (Phi) is 9.19. The number of benzene rings is 1. The Bertz CT molecular complexity index is 587. The van der Waals surface area contributed by atoms with E-state index in [2.05, 4.69) is 19.1 Å². The SMILES string of the molecule is CCCC/C=C/CC1C(O)COC1/C=C/C(O)COc1cccc(Cl)c1. The number of aliphatic hydroxyl groups excluding tert-OH is 2. The summed E-state index contributed by atoms with van der Waals surface area (Å²) >= 11 is 5.90. The summed E-state index contributed by atoms with van der Waals surface area (Å²) in [7, 11) is 0. The smallest absolute Gasteiger partial charge is 0.120 e. The average molecular weight is 381 g/mol. The third kappa shape index (κ3) is 7.12. The van der Waals surface area contributed by atoms with Crippen LogP contribution in [0.25, 0.3) is 0 Å². The van der Waals surface area contributed by atoms with Gasteiger partial charge in [0.05, 0.1) is 18.8 Å². The van der Waals surface area contributed by atoms with Crippen LogP contribution in [-0.2, 0) is 4.74 Å². The van der Waals surface area contributed by atoms with Crippen molar-refractivity contribution in [3.8, 4) is 5.75 Å². The van der Waals surface area contributed by atoms with Gasteiger partial charge in [0.2, 0.25) is 0 Å². The van der Waals surface area contributed by atoms with Gasteiger partial charge in [0.1, 0.15) is 18.5 Å². The van der Waals surface area contributed by atoms with Gasteiger partial charge in [0.15, 0.2) is 0 Å². The molecule has 0 aromatic heterocycles. The van der Waals surface area contributed by atoms with E-state index >= 15 is 0 Å². The molecule has 1 aliphatic rings. The molecular weight excluding hydrogens is 352 g/mol. The summed E-state index contributed by atoms with van der Waals surface area (Å²) in [5.74, 6) is 0.637. The second-order valence-corrected chi connectivity index (χ2v) is 7.04. The van der Waals surface area contributed by atoms with Gasteiger partial charge >= 0.3 is 0 Å². The van der Waals surface area contributed by atoms with Gasteiger partial charge < -0.3 is 19.7 Å². The number of unbranched alkanes of at least 4 members (excludes halogenated alkanes) is 2. The summed E-state index contributed by atoms with van der Waals surface area (Å²) in [4.78, 5) is 0. The van der Waals surface area contributed by atoms with E-state index < -0.39 is 12.2 Å². The van der Waals surface area contributed by atoms with E-state index in [1.807, 2.05) is 6.08 Å². The lowest BCUT2D eigenvalue weighted by Crippen LogP contribution is -2.23. The van der Waals surface area contributed by atoms with Crippen molar-refractivity contribution in [2.45, 2.75) is 50.9 Å². The fourth-order valence-electron chi connectivity index (χ4n) is 2.89. The lowest BCUT2D eigenvalue weighted by Gasteiger charge is -2.16. The molecule has 26 heavy (non-hydrogen) atoms. The quantitative estimate of drug-likeness (QED) is 0.473. The summed E-state index contributed by atoms with van der Waals surface area (Å²) in [6.45, 7) is 2.63. The van der Waals surface area contributed by atoms with Crippen molar-refractivity contribution < 1.29 is 19.7 Å². The predicted octanol–water partition coefficient (Wildman–Crippen LogP) is 4.15. The van der Waals surface area contributed by atoms with Crippen LogP contribution in [0.5, 0.6) is 5.75 Å². The molecule has 144 valence electrons. The van der Waals surface area contributed by atoms with Gasteiger partial charge in [-0.3, -0.25) is 0 Å². The van der Waals surface area contributed by atoms with Gasteiger partial charge in [0.25, 0.3) is 0 Å². The third-order valence-corrected chi connectivity index (χ3v) is 4.65. The highest BCUT2D eigenvalue weighted by Crippen LogP contribution is 2.26. The number of aliphatic hydroxyl groups is 2. The standard InChI is InChI=1S/C21H29ClO4/c1-2-3-4-5-6-10-19-20(24)15-26-21(19)12-11-17(23)14-25-18-9-7-8-16(22)13-18/h5-9,11-13,17,19-21,23-24H,2-4,10,14-15H2,1H3/b6-5+,12-11+. The molecule has 0 amide bonds. The number of halogens is 1. The van der Waals surface area contributed by atoms with Crippen molar-refractivity contribution in [1.82, 2.24) is 0 Å². The first kappa shape index (κ1) is 21.0. The Labute approximate surface area is 161 Å². The van der Waals surface area contributed by atoms with Crippen LogP contribution in [0, 0.1) is 5.92 Å². The predicted molar refractivity (Wildman–Crippen MR) is 105 cm³/mol. The molecule has 0 bridgehead atoms. The van der Waals surface area contributed by atoms with E-state index in [1.54, 1.807) is 30.3 Å². The van der Waals surface area contributed by atoms with Crippen molar-refractivity contribution in [3.05, 3.63) is 53.6 Å². The van der Waals surface area contributed by atoms with E-state index in [0.29, 0.717) is 17.4 Å². The molecule has 4 nitrogen and oxygen atoms in total. The van der Waals surface area contributed by atoms with Crippen molar-refractivity contribution in [2.24, 2.45) is 5.92 Å². The molecule has 1 aromatic rings. The van der Waals surface area contributed by atoms with Crippen molar-refractivity contribution in [2.75, 3.05) is 13.2 Å². The molecule has 4 unspecified atom stereocenters. The van der Waals surface area contributed by atoms with Gasteiger partial charge in [0, 0.05) is 10.9 Å². The number of allylic oxidation sites excluding steroid dienone is 2. The van der Waals surface area contributed by atoms with Gasteiger partial charge in [-0.1, -0.05) is 61.7 Å². The molecule has 1 saturated heterocycles. The van der Waals surface area contributed by atoms with Gasteiger partial charge in [-0.05, 0) is 31.0 Å². The molecule has 2 rings (SSSR count). The second kappa shape index (κ2) is 11.4. The lowest BCUT2D eigenvalue weighted by atomic mass is 9.94. The molecule has 5 heteroatoms. The summed E-state index contributed by atoms with van der Waals surface area (Å²) in [5, 5.41) is 20.8. The summed E-state index contributed by atoms with van der Waals surface area (Å²) < 4.78 is 11.2. The Morgan fingerprint density at radius 1 is 1.38 bits per heavy atom. The van der Waals surface area contributed by atoms with Crippen LogP contribution in [0.4, 0.5) is 0 Å². The second-order valence-electron chi connectivity index (χ2n) is 6.60. The normalized spacial score (nSPS) is 24.5. The largest absolute Gasteiger partial charge is 0.491 e. The first-order chi connectivity index (χ1) is 12.6. The van der Waals surface area contributed by atoms with E-state index in [9.17, 15) is 10.2 Å². The monoisotopic (exact) mass is 380 g/mol. The van der Waals surface area contributed by atoms with Gasteiger partial charge in [-0.25, -0.2) is 0 Å². The highest BCUT2D eigenvalue weighted by atomic mass is 35.5. The zero-order valence-corrected chi connectivity index (χ0v) is 16.0. The molecule has 1 fully saturated rings. The van der Waals surface area contributed by atoms with Crippen molar-refractivity contribution >= 4 is 11.6 Å². The average Bonchev–Trinajstić information content (AvgIpc) is 2.98. The van der Waals surface area contributed by atoms with Crippen LogP contribution in [0.15, 0.2) is 48.6 Å². The highest BCUT2D eigenvalue weighted by molar-refractivity contribution is 6.30. The summed E-state index contributed by atoms with van der Waals surface area (Å²) in [5.41, 5.74) is 0. The zero-order chi connectivity index (χ0) is 18.8. The third-order valence-electron chi connectivity index (χ3n) is 4.41. The zero-order valence-electron chi connectivity index (χ0n) is 15.3. The topological polar surface area (TPSA) is 58.9 Å². The maximum atomic E-state index is 10.1. The number of rotatable bonds is 10. The molecule has 0 aliphatic carbocycles. The molecule has 0 spiro atoms. The Morgan fingerprint density at radius 3 is 3.00 bits per heavy atom. The minimum absolute atomic E-state index is 0.0187. The molecule has 1 aromatic carbocycles. The maximum Gasteiger partial charge on any atom is 0.120 e. The first-order valence-electron chi connectivity index (χ1n) is 9.29. The van der Waals surface area contributed by atoms with Crippen LogP contribution in [0.2, 0.25) is 5.02 Å². The maximum absolute atomic E-state index is 10.1. The van der Waals surface area contributed by atoms with E-state index in [4.69, 9.17) is 21.1 Å². The molecule has 2 N–H and O–H groups in total. The highest BCUT2D eigenvalue weighted by Gasteiger charge is 2.33. The van der Waals surface area contributed by atoms with E-state index in [-0.39, 0.29) is 18.6 Å². The Hall–Kier alpha value is -1.33. The summed E-state index contributed by atoms with van der Waals surface area (Å²) in [6.07, 6.45) is 10.6.